The van der Waals surface area contributed by atoms with Crippen molar-refractivity contribution in [2.75, 3.05) is 13.1 Å². The molecular weight excluding hydrogens is 210 g/mol. The van der Waals surface area contributed by atoms with Crippen molar-refractivity contribution in [3.8, 4) is 0 Å². The molecule has 5 heteroatoms. The molecular formula is C11H19NO4. The van der Waals surface area contributed by atoms with Crippen LogP contribution < -0.4 is 0 Å². The third kappa shape index (κ3) is 4.08. The largest absolute Gasteiger partial charge is 0.461 e. The molecule has 5 nitrogen and oxygen atoms in total. The molecule has 1 saturated heterocycles. The number of rotatable bonds is 1. The van der Waals surface area contributed by atoms with E-state index in [9.17, 15) is 9.59 Å². The van der Waals surface area contributed by atoms with E-state index in [2.05, 4.69) is 0 Å². The van der Waals surface area contributed by atoms with Gasteiger partial charge >= 0.3 is 12.1 Å². The smallest absolute Gasteiger partial charge is 0.410 e. The van der Waals surface area contributed by atoms with Crippen molar-refractivity contribution in [1.29, 1.82) is 0 Å². The molecule has 1 fully saturated rings. The van der Waals surface area contributed by atoms with E-state index in [1.807, 2.05) is 20.8 Å². The van der Waals surface area contributed by atoms with Crippen molar-refractivity contribution in [2.45, 2.75) is 45.8 Å². The summed E-state index contributed by atoms with van der Waals surface area (Å²) < 4.78 is 10.3. The van der Waals surface area contributed by atoms with Gasteiger partial charge in [0.1, 0.15) is 11.7 Å². The highest BCUT2D eigenvalue weighted by molar-refractivity contribution is 5.69. The molecule has 0 N–H and O–H groups in total. The maximum atomic E-state index is 11.7. The quantitative estimate of drug-likeness (QED) is 0.640. The highest BCUT2D eigenvalue weighted by Crippen LogP contribution is 2.17. The summed E-state index contributed by atoms with van der Waals surface area (Å²) in [7, 11) is 0. The van der Waals surface area contributed by atoms with Crippen molar-refractivity contribution in [2.24, 2.45) is 0 Å². The Labute approximate surface area is 95.7 Å². The first-order valence-electron chi connectivity index (χ1n) is 5.43. The van der Waals surface area contributed by atoms with Crippen molar-refractivity contribution >= 4 is 12.1 Å². The van der Waals surface area contributed by atoms with Gasteiger partial charge in [-0.05, 0) is 20.8 Å². The molecule has 0 aromatic rings. The van der Waals surface area contributed by atoms with Gasteiger partial charge in [0.2, 0.25) is 0 Å². The Morgan fingerprint density at radius 1 is 1.31 bits per heavy atom. The van der Waals surface area contributed by atoms with Gasteiger partial charge in [-0.25, -0.2) is 4.79 Å². The first-order chi connectivity index (χ1) is 7.28. The van der Waals surface area contributed by atoms with Gasteiger partial charge < -0.3 is 14.4 Å². The molecule has 1 atom stereocenters. The lowest BCUT2D eigenvalue weighted by molar-refractivity contribution is -0.145. The number of esters is 1. The lowest BCUT2D eigenvalue weighted by atomic mass is 10.2. The molecule has 1 amide bonds. The van der Waals surface area contributed by atoms with Gasteiger partial charge in [-0.1, -0.05) is 0 Å². The van der Waals surface area contributed by atoms with E-state index >= 15 is 0 Å². The average Bonchev–Trinajstić information content (AvgIpc) is 2.48. The zero-order valence-corrected chi connectivity index (χ0v) is 10.3. The summed E-state index contributed by atoms with van der Waals surface area (Å²) in [4.78, 5) is 24.0. The number of hydrogen-bond donors (Lipinski definition) is 0. The topological polar surface area (TPSA) is 55.8 Å². The Morgan fingerprint density at radius 3 is 2.44 bits per heavy atom. The molecule has 1 heterocycles. The van der Waals surface area contributed by atoms with Crippen LogP contribution >= 0.6 is 0 Å². The highest BCUT2D eigenvalue weighted by atomic mass is 16.6. The van der Waals surface area contributed by atoms with Crippen molar-refractivity contribution < 1.29 is 19.1 Å². The second-order valence-electron chi connectivity index (χ2n) is 4.95. The Kier molecular flexibility index (Phi) is 3.78. The summed E-state index contributed by atoms with van der Waals surface area (Å²) in [5, 5.41) is 0. The van der Waals surface area contributed by atoms with Crippen LogP contribution in [0.15, 0.2) is 0 Å². The van der Waals surface area contributed by atoms with Gasteiger partial charge in [-0.2, -0.15) is 0 Å². The van der Waals surface area contributed by atoms with Crippen LogP contribution in [0.5, 0.6) is 0 Å². The van der Waals surface area contributed by atoms with E-state index in [0.29, 0.717) is 19.5 Å². The number of nitrogens with zero attached hydrogens (tertiary/aromatic N) is 1. The van der Waals surface area contributed by atoms with Crippen LogP contribution in [0.25, 0.3) is 0 Å². The van der Waals surface area contributed by atoms with Gasteiger partial charge in [0, 0.05) is 19.9 Å². The fourth-order valence-electron chi connectivity index (χ4n) is 1.55. The average molecular weight is 229 g/mol. The second-order valence-corrected chi connectivity index (χ2v) is 4.95. The molecule has 1 rings (SSSR count). The van der Waals surface area contributed by atoms with Crippen molar-refractivity contribution in [1.82, 2.24) is 4.90 Å². The monoisotopic (exact) mass is 229 g/mol. The molecule has 0 bridgehead atoms. The van der Waals surface area contributed by atoms with Crippen LogP contribution in [-0.4, -0.2) is 41.8 Å². The molecule has 1 aliphatic heterocycles. The van der Waals surface area contributed by atoms with Gasteiger partial charge in [0.15, 0.2) is 0 Å². The van der Waals surface area contributed by atoms with E-state index < -0.39 is 5.60 Å². The standard InChI is InChI=1S/C11H19NO4/c1-8(13)15-9-5-6-12(7-9)10(14)16-11(2,3)4/h9H,5-7H2,1-4H3/t9-/m1/s1. The number of carbonyl (C=O) groups is 2. The molecule has 0 unspecified atom stereocenters. The third-order valence-electron chi connectivity index (χ3n) is 2.13. The van der Waals surface area contributed by atoms with E-state index in [-0.39, 0.29) is 18.2 Å². The van der Waals surface area contributed by atoms with Crippen LogP contribution in [0.1, 0.15) is 34.1 Å². The van der Waals surface area contributed by atoms with Crippen LogP contribution in [0.3, 0.4) is 0 Å². The molecule has 0 aromatic heterocycles. The van der Waals surface area contributed by atoms with Crippen LogP contribution in [0, 0.1) is 0 Å². The summed E-state index contributed by atoms with van der Waals surface area (Å²) >= 11 is 0. The molecule has 0 aromatic carbocycles. The van der Waals surface area contributed by atoms with Crippen molar-refractivity contribution in [3.05, 3.63) is 0 Å². The Balaban J connectivity index is 2.41. The van der Waals surface area contributed by atoms with Gasteiger partial charge in [-0.15, -0.1) is 0 Å². The zero-order valence-electron chi connectivity index (χ0n) is 10.3. The first-order valence-corrected chi connectivity index (χ1v) is 5.43. The first kappa shape index (κ1) is 12.8. The maximum Gasteiger partial charge on any atom is 0.410 e. The van der Waals surface area contributed by atoms with Crippen molar-refractivity contribution in [3.63, 3.8) is 0 Å². The minimum Gasteiger partial charge on any atom is -0.461 e. The summed E-state index contributed by atoms with van der Waals surface area (Å²) in [5.41, 5.74) is -0.489. The minimum absolute atomic E-state index is 0.190. The lowest BCUT2D eigenvalue weighted by Crippen LogP contribution is -2.36. The Morgan fingerprint density at radius 2 is 1.94 bits per heavy atom. The van der Waals surface area contributed by atoms with Crippen LogP contribution in [-0.2, 0) is 14.3 Å². The lowest BCUT2D eigenvalue weighted by Gasteiger charge is -2.24. The molecule has 0 saturated carbocycles. The molecule has 0 spiro atoms. The summed E-state index contributed by atoms with van der Waals surface area (Å²) in [6.45, 7) is 7.84. The molecule has 1 aliphatic rings. The fourth-order valence-corrected chi connectivity index (χ4v) is 1.55. The molecule has 92 valence electrons. The highest BCUT2D eigenvalue weighted by Gasteiger charge is 2.31. The molecule has 16 heavy (non-hydrogen) atoms. The van der Waals surface area contributed by atoms with E-state index in [1.54, 1.807) is 4.90 Å². The second kappa shape index (κ2) is 4.72. The number of ether oxygens (including phenoxy) is 2. The predicted octanol–water partition coefficient (Wildman–Crippen LogP) is 1.56. The number of amides is 1. The van der Waals surface area contributed by atoms with Crippen LogP contribution in [0.2, 0.25) is 0 Å². The Bertz CT molecular complexity index is 282. The summed E-state index contributed by atoms with van der Waals surface area (Å²) in [6, 6.07) is 0. The van der Waals surface area contributed by atoms with Gasteiger partial charge in [-0.3, -0.25) is 4.79 Å². The van der Waals surface area contributed by atoms with Gasteiger partial charge in [0.05, 0.1) is 6.54 Å². The number of likely N-dealkylation sites (tertiary alicyclic amines) is 1. The Hall–Kier alpha value is -1.26. The minimum atomic E-state index is -0.489. The van der Waals surface area contributed by atoms with Crippen LogP contribution in [0.4, 0.5) is 4.79 Å². The number of carbonyl (C=O) groups excluding carboxylic acids is 2. The maximum absolute atomic E-state index is 11.7. The summed E-state index contributed by atoms with van der Waals surface area (Å²) in [5.74, 6) is -0.309. The van der Waals surface area contributed by atoms with E-state index in [1.165, 1.54) is 6.92 Å². The normalized spacial score (nSPS) is 20.8. The fraction of sp³-hybridized carbons (Fsp3) is 0.818. The third-order valence-corrected chi connectivity index (χ3v) is 2.13. The zero-order chi connectivity index (χ0) is 12.3. The molecule has 0 aliphatic carbocycles. The number of hydrogen-bond acceptors (Lipinski definition) is 4. The summed E-state index contributed by atoms with van der Waals surface area (Å²) in [6.07, 6.45) is 0.144. The van der Waals surface area contributed by atoms with E-state index in [0.717, 1.165) is 0 Å². The predicted molar refractivity (Wildman–Crippen MR) is 58.0 cm³/mol. The molecule has 0 radical (unpaired) electrons. The van der Waals surface area contributed by atoms with E-state index in [4.69, 9.17) is 9.47 Å². The van der Waals surface area contributed by atoms with Gasteiger partial charge in [0.25, 0.3) is 0 Å². The SMILES string of the molecule is CC(=O)O[C@@H]1CCN(C(=O)OC(C)(C)C)C1.